The number of nitrogens with zero attached hydrogens (tertiary/aromatic N) is 2. The quantitative estimate of drug-likeness (QED) is 0.802. The Bertz CT molecular complexity index is 416. The Morgan fingerprint density at radius 2 is 2.47 bits per heavy atom. The standard InChI is InChI=1S/C13H21N3O2S/c1-3-16(11-5-6-14-7-11)8-10-9-19-12(15-10)13(17)18-4-2/h9,11,14H,3-8H2,1-2H3. The Labute approximate surface area is 118 Å². The molecule has 0 saturated carbocycles. The molecule has 106 valence electrons. The second-order valence-electron chi connectivity index (χ2n) is 4.57. The van der Waals surface area contributed by atoms with E-state index >= 15 is 0 Å². The molecule has 0 aliphatic carbocycles. The van der Waals surface area contributed by atoms with Crippen LogP contribution < -0.4 is 5.32 Å². The summed E-state index contributed by atoms with van der Waals surface area (Å²) >= 11 is 1.36. The molecule has 5 nitrogen and oxygen atoms in total. The minimum atomic E-state index is -0.315. The molecule has 1 aromatic heterocycles. The van der Waals surface area contributed by atoms with E-state index < -0.39 is 0 Å². The molecular formula is C13H21N3O2S. The third kappa shape index (κ3) is 3.75. The number of esters is 1. The van der Waals surface area contributed by atoms with E-state index in [-0.39, 0.29) is 5.97 Å². The third-order valence-corrected chi connectivity index (χ3v) is 4.19. The van der Waals surface area contributed by atoms with E-state index in [0.29, 0.717) is 17.7 Å². The van der Waals surface area contributed by atoms with Crippen LogP contribution >= 0.6 is 11.3 Å². The molecule has 0 spiro atoms. The lowest BCUT2D eigenvalue weighted by Crippen LogP contribution is -2.36. The van der Waals surface area contributed by atoms with E-state index in [0.717, 1.165) is 31.9 Å². The molecule has 0 aromatic carbocycles. The van der Waals surface area contributed by atoms with Crippen LogP contribution in [0.3, 0.4) is 0 Å². The van der Waals surface area contributed by atoms with Crippen molar-refractivity contribution in [1.29, 1.82) is 0 Å². The minimum Gasteiger partial charge on any atom is -0.461 e. The molecule has 2 heterocycles. The zero-order chi connectivity index (χ0) is 13.7. The van der Waals surface area contributed by atoms with Gasteiger partial charge in [0.2, 0.25) is 5.01 Å². The average Bonchev–Trinajstić information content (AvgIpc) is 3.07. The van der Waals surface area contributed by atoms with Gasteiger partial charge in [0.05, 0.1) is 12.3 Å². The maximum absolute atomic E-state index is 11.6. The number of ether oxygens (including phenoxy) is 1. The zero-order valence-corrected chi connectivity index (χ0v) is 12.3. The normalized spacial score (nSPS) is 19.0. The molecule has 1 aromatic rings. The van der Waals surface area contributed by atoms with Gasteiger partial charge in [0.25, 0.3) is 0 Å². The number of thiazole rings is 1. The monoisotopic (exact) mass is 283 g/mol. The molecule has 1 saturated heterocycles. The molecule has 19 heavy (non-hydrogen) atoms. The van der Waals surface area contributed by atoms with Gasteiger partial charge in [-0.1, -0.05) is 6.92 Å². The van der Waals surface area contributed by atoms with Crippen molar-refractivity contribution >= 4 is 17.3 Å². The van der Waals surface area contributed by atoms with Crippen molar-refractivity contribution in [3.8, 4) is 0 Å². The molecule has 1 N–H and O–H groups in total. The van der Waals surface area contributed by atoms with Crippen LogP contribution in [0.25, 0.3) is 0 Å². The third-order valence-electron chi connectivity index (χ3n) is 3.32. The van der Waals surface area contributed by atoms with Crippen molar-refractivity contribution in [3.05, 3.63) is 16.1 Å². The molecule has 2 rings (SSSR count). The van der Waals surface area contributed by atoms with E-state index in [9.17, 15) is 4.79 Å². The maximum Gasteiger partial charge on any atom is 0.367 e. The van der Waals surface area contributed by atoms with Crippen molar-refractivity contribution < 1.29 is 9.53 Å². The summed E-state index contributed by atoms with van der Waals surface area (Å²) < 4.78 is 4.96. The lowest BCUT2D eigenvalue weighted by molar-refractivity contribution is 0.0525. The van der Waals surface area contributed by atoms with Gasteiger partial charge in [-0.2, -0.15) is 0 Å². The molecule has 1 aliphatic rings. The van der Waals surface area contributed by atoms with Crippen molar-refractivity contribution in [3.63, 3.8) is 0 Å². The summed E-state index contributed by atoms with van der Waals surface area (Å²) in [6.07, 6.45) is 1.18. The van der Waals surface area contributed by atoms with Gasteiger partial charge in [0, 0.05) is 24.5 Å². The highest BCUT2D eigenvalue weighted by Crippen LogP contribution is 2.16. The Morgan fingerprint density at radius 3 is 3.11 bits per heavy atom. The topological polar surface area (TPSA) is 54.5 Å². The highest BCUT2D eigenvalue weighted by molar-refractivity contribution is 7.11. The summed E-state index contributed by atoms with van der Waals surface area (Å²) in [5, 5.41) is 5.79. The molecule has 6 heteroatoms. The molecule has 0 radical (unpaired) electrons. The van der Waals surface area contributed by atoms with Crippen molar-refractivity contribution in [1.82, 2.24) is 15.2 Å². The van der Waals surface area contributed by atoms with Crippen LogP contribution in [0.1, 0.15) is 35.8 Å². The number of nitrogens with one attached hydrogen (secondary N) is 1. The van der Waals surface area contributed by atoms with E-state index in [1.54, 1.807) is 6.92 Å². The second-order valence-corrected chi connectivity index (χ2v) is 5.43. The van der Waals surface area contributed by atoms with Crippen LogP contribution in [0.2, 0.25) is 0 Å². The number of carbonyl (C=O) groups excluding carboxylic acids is 1. The fraction of sp³-hybridized carbons (Fsp3) is 0.692. The van der Waals surface area contributed by atoms with Crippen molar-refractivity contribution in [2.24, 2.45) is 0 Å². The van der Waals surface area contributed by atoms with Crippen LogP contribution in [0.4, 0.5) is 0 Å². The largest absolute Gasteiger partial charge is 0.461 e. The summed E-state index contributed by atoms with van der Waals surface area (Å²) in [5.74, 6) is -0.315. The first-order chi connectivity index (χ1) is 9.24. The molecule has 1 aliphatic heterocycles. The molecular weight excluding hydrogens is 262 g/mol. The van der Waals surface area contributed by atoms with E-state index in [4.69, 9.17) is 4.74 Å². The van der Waals surface area contributed by atoms with Crippen LogP contribution in [0.5, 0.6) is 0 Å². The Kier molecular flexibility index (Phi) is 5.30. The second kappa shape index (κ2) is 6.98. The summed E-state index contributed by atoms with van der Waals surface area (Å²) in [6, 6.07) is 0.581. The van der Waals surface area contributed by atoms with Gasteiger partial charge in [-0.05, 0) is 26.4 Å². The summed E-state index contributed by atoms with van der Waals surface area (Å²) in [5.41, 5.74) is 0.960. The number of aromatic nitrogens is 1. The number of hydrogen-bond donors (Lipinski definition) is 1. The number of hydrogen-bond acceptors (Lipinski definition) is 6. The Balaban J connectivity index is 1.96. The van der Waals surface area contributed by atoms with Crippen LogP contribution in [0.15, 0.2) is 5.38 Å². The fourth-order valence-electron chi connectivity index (χ4n) is 2.32. The molecule has 0 amide bonds. The van der Waals surface area contributed by atoms with Gasteiger partial charge in [-0.15, -0.1) is 11.3 Å². The summed E-state index contributed by atoms with van der Waals surface area (Å²) in [7, 11) is 0. The first kappa shape index (κ1) is 14.4. The van der Waals surface area contributed by atoms with E-state index in [1.807, 2.05) is 5.38 Å². The van der Waals surface area contributed by atoms with Gasteiger partial charge >= 0.3 is 5.97 Å². The Morgan fingerprint density at radius 1 is 1.63 bits per heavy atom. The SMILES string of the molecule is CCOC(=O)c1nc(CN(CC)C2CCNC2)cs1. The van der Waals surface area contributed by atoms with Crippen molar-refractivity contribution in [2.45, 2.75) is 32.9 Å². The lowest BCUT2D eigenvalue weighted by Gasteiger charge is -2.25. The number of rotatable bonds is 6. The maximum atomic E-state index is 11.6. The lowest BCUT2D eigenvalue weighted by atomic mass is 10.2. The smallest absolute Gasteiger partial charge is 0.367 e. The van der Waals surface area contributed by atoms with Crippen LogP contribution in [-0.4, -0.2) is 48.1 Å². The molecule has 0 bridgehead atoms. The van der Waals surface area contributed by atoms with Crippen molar-refractivity contribution in [2.75, 3.05) is 26.2 Å². The molecule has 1 fully saturated rings. The predicted octanol–water partition coefficient (Wildman–Crippen LogP) is 1.50. The van der Waals surface area contributed by atoms with Gasteiger partial charge in [0.15, 0.2) is 0 Å². The minimum absolute atomic E-state index is 0.315. The average molecular weight is 283 g/mol. The first-order valence-electron chi connectivity index (χ1n) is 6.80. The van der Waals surface area contributed by atoms with Crippen LogP contribution in [0, 0.1) is 0 Å². The Hall–Kier alpha value is -0.980. The van der Waals surface area contributed by atoms with Gasteiger partial charge in [0.1, 0.15) is 0 Å². The fourth-order valence-corrected chi connectivity index (χ4v) is 3.02. The summed E-state index contributed by atoms with van der Waals surface area (Å²) in [4.78, 5) is 18.3. The first-order valence-corrected chi connectivity index (χ1v) is 7.68. The highest BCUT2D eigenvalue weighted by Gasteiger charge is 2.22. The van der Waals surface area contributed by atoms with Crippen LogP contribution in [-0.2, 0) is 11.3 Å². The van der Waals surface area contributed by atoms with E-state index in [2.05, 4.69) is 22.1 Å². The van der Waals surface area contributed by atoms with Gasteiger partial charge in [-0.3, -0.25) is 4.90 Å². The van der Waals surface area contributed by atoms with E-state index in [1.165, 1.54) is 17.8 Å². The number of carbonyl (C=O) groups is 1. The predicted molar refractivity (Wildman–Crippen MR) is 75.4 cm³/mol. The molecule has 1 atom stereocenters. The zero-order valence-electron chi connectivity index (χ0n) is 11.5. The van der Waals surface area contributed by atoms with Gasteiger partial charge < -0.3 is 10.1 Å². The van der Waals surface area contributed by atoms with Gasteiger partial charge in [-0.25, -0.2) is 9.78 Å². The molecule has 1 unspecified atom stereocenters. The summed E-state index contributed by atoms with van der Waals surface area (Å²) in [6.45, 7) is 8.30. The highest BCUT2D eigenvalue weighted by atomic mass is 32.1. The number of likely N-dealkylation sites (N-methyl/N-ethyl adjacent to an activating group) is 1.